The molecule has 0 heterocycles. The van der Waals surface area contributed by atoms with Crippen LogP contribution in [0.4, 0.5) is 0 Å². The monoisotopic (exact) mass is 1160 g/mol. The highest BCUT2D eigenvalue weighted by atomic mass is 16.6. The molecular weight excluding hydrogens is 1020 g/mol. The highest BCUT2D eigenvalue weighted by Crippen LogP contribution is 2.18. The van der Waals surface area contributed by atoms with E-state index in [1.54, 1.807) is 0 Å². The topological polar surface area (TPSA) is 78.9 Å². The Hall–Kier alpha value is -3.41. The van der Waals surface area contributed by atoms with Gasteiger partial charge in [-0.15, -0.1) is 0 Å². The molecule has 0 aliphatic carbocycles. The first-order chi connectivity index (χ1) is 41.0. The second-order valence-corrected chi connectivity index (χ2v) is 24.1. The van der Waals surface area contributed by atoms with Gasteiger partial charge in [-0.1, -0.05) is 337 Å². The van der Waals surface area contributed by atoms with Crippen LogP contribution < -0.4 is 0 Å². The molecular formula is C77H136O6. The smallest absolute Gasteiger partial charge is 0.306 e. The minimum absolute atomic E-state index is 0.0757. The van der Waals surface area contributed by atoms with Crippen molar-refractivity contribution in [3.8, 4) is 0 Å². The minimum Gasteiger partial charge on any atom is -0.462 e. The predicted molar refractivity (Wildman–Crippen MR) is 362 cm³/mol. The maximum Gasteiger partial charge on any atom is 0.306 e. The summed E-state index contributed by atoms with van der Waals surface area (Å²) in [6.45, 7) is 6.55. The van der Waals surface area contributed by atoms with Crippen LogP contribution in [0.3, 0.4) is 0 Å². The van der Waals surface area contributed by atoms with Gasteiger partial charge in [-0.2, -0.15) is 0 Å². The third kappa shape index (κ3) is 69.3. The van der Waals surface area contributed by atoms with E-state index in [1.165, 1.54) is 225 Å². The second-order valence-electron chi connectivity index (χ2n) is 24.1. The maximum absolute atomic E-state index is 13.0. The first-order valence-corrected chi connectivity index (χ1v) is 36.1. The van der Waals surface area contributed by atoms with Crippen LogP contribution in [0.2, 0.25) is 0 Å². The largest absolute Gasteiger partial charge is 0.462 e. The Balaban J connectivity index is 4.21. The number of hydrogen-bond donors (Lipinski definition) is 0. The Bertz CT molecular complexity index is 1570. The number of allylic oxidation sites excluding steroid dienone is 14. The fraction of sp³-hybridized carbons (Fsp3) is 0.779. The molecule has 0 radical (unpaired) electrons. The molecule has 0 aromatic carbocycles. The van der Waals surface area contributed by atoms with Crippen LogP contribution in [-0.4, -0.2) is 37.2 Å². The Kier molecular flexibility index (Phi) is 68.2. The zero-order valence-electron chi connectivity index (χ0n) is 55.2. The molecule has 0 saturated heterocycles. The second kappa shape index (κ2) is 71.1. The molecule has 480 valence electrons. The van der Waals surface area contributed by atoms with Gasteiger partial charge in [-0.25, -0.2) is 0 Å². The molecule has 0 aromatic rings. The van der Waals surface area contributed by atoms with Crippen LogP contribution in [0.5, 0.6) is 0 Å². The van der Waals surface area contributed by atoms with Crippen LogP contribution in [0.1, 0.15) is 367 Å². The van der Waals surface area contributed by atoms with Crippen LogP contribution >= 0.6 is 0 Å². The number of hydrogen-bond acceptors (Lipinski definition) is 6. The predicted octanol–water partition coefficient (Wildman–Crippen LogP) is 25.0. The summed E-state index contributed by atoms with van der Waals surface area (Å²) in [7, 11) is 0. The van der Waals surface area contributed by atoms with Crippen molar-refractivity contribution < 1.29 is 28.6 Å². The van der Waals surface area contributed by atoms with E-state index < -0.39 is 6.10 Å². The van der Waals surface area contributed by atoms with Gasteiger partial charge in [0.25, 0.3) is 0 Å². The molecule has 1 atom stereocenters. The fourth-order valence-electron chi connectivity index (χ4n) is 10.5. The van der Waals surface area contributed by atoms with Gasteiger partial charge in [0, 0.05) is 19.3 Å². The summed E-state index contributed by atoms with van der Waals surface area (Å²) < 4.78 is 17.0. The fourth-order valence-corrected chi connectivity index (χ4v) is 10.5. The molecule has 0 aliphatic rings. The average Bonchev–Trinajstić information content (AvgIpc) is 3.49. The summed E-state index contributed by atoms with van der Waals surface area (Å²) in [6.07, 6.45) is 94.8. The lowest BCUT2D eigenvalue weighted by Crippen LogP contribution is -2.30. The zero-order valence-corrected chi connectivity index (χ0v) is 55.2. The molecule has 0 spiro atoms. The van der Waals surface area contributed by atoms with Gasteiger partial charge in [-0.05, 0) is 96.3 Å². The highest BCUT2D eigenvalue weighted by Gasteiger charge is 2.19. The summed E-state index contributed by atoms with van der Waals surface area (Å²) in [4.78, 5) is 38.4. The van der Waals surface area contributed by atoms with Gasteiger partial charge in [0.15, 0.2) is 6.10 Å². The molecule has 0 aromatic heterocycles. The summed E-state index contributed by atoms with van der Waals surface area (Å²) in [5.74, 6) is -0.865. The van der Waals surface area contributed by atoms with E-state index in [1.807, 2.05) is 0 Å². The number of esters is 3. The Morgan fingerprint density at radius 1 is 0.253 bits per heavy atom. The molecule has 0 N–H and O–H groups in total. The van der Waals surface area contributed by atoms with Crippen LogP contribution in [0.15, 0.2) is 85.1 Å². The van der Waals surface area contributed by atoms with Gasteiger partial charge < -0.3 is 14.2 Å². The summed E-state index contributed by atoms with van der Waals surface area (Å²) in [5, 5.41) is 0. The molecule has 0 fully saturated rings. The van der Waals surface area contributed by atoms with Crippen LogP contribution in [0.25, 0.3) is 0 Å². The lowest BCUT2D eigenvalue weighted by atomic mass is 10.0. The highest BCUT2D eigenvalue weighted by molar-refractivity contribution is 5.71. The van der Waals surface area contributed by atoms with E-state index in [0.29, 0.717) is 19.3 Å². The average molecular weight is 1160 g/mol. The molecule has 6 heteroatoms. The van der Waals surface area contributed by atoms with E-state index in [9.17, 15) is 14.4 Å². The van der Waals surface area contributed by atoms with Crippen LogP contribution in [-0.2, 0) is 28.6 Å². The third-order valence-corrected chi connectivity index (χ3v) is 15.9. The van der Waals surface area contributed by atoms with Crippen molar-refractivity contribution in [3.05, 3.63) is 85.1 Å². The molecule has 0 bridgehead atoms. The van der Waals surface area contributed by atoms with Crippen molar-refractivity contribution in [1.29, 1.82) is 0 Å². The summed E-state index contributed by atoms with van der Waals surface area (Å²) in [6, 6.07) is 0. The van der Waals surface area contributed by atoms with E-state index >= 15 is 0 Å². The van der Waals surface area contributed by atoms with Crippen molar-refractivity contribution in [2.45, 2.75) is 374 Å². The van der Waals surface area contributed by atoms with Gasteiger partial charge in [0.2, 0.25) is 0 Å². The van der Waals surface area contributed by atoms with Crippen molar-refractivity contribution in [2.24, 2.45) is 0 Å². The molecule has 0 saturated carbocycles. The molecule has 83 heavy (non-hydrogen) atoms. The summed E-state index contributed by atoms with van der Waals surface area (Å²) >= 11 is 0. The molecule has 0 amide bonds. The van der Waals surface area contributed by atoms with Gasteiger partial charge in [0.05, 0.1) is 0 Å². The van der Waals surface area contributed by atoms with Crippen LogP contribution in [0, 0.1) is 0 Å². The SMILES string of the molecule is CC/C=C\C/C=C\C/C=C\C/C=C\C/C=C\C/C=C\CCCCCCCCCCCCCCC(=O)OCC(COC(=O)CCCCCCC/C=C\CCCCC)OC(=O)CCCCCCCCCCCCCCCCCCCCCCCC. The number of unbranched alkanes of at least 4 members (excludes halogenated alkanes) is 41. The molecule has 0 rings (SSSR count). The van der Waals surface area contributed by atoms with E-state index in [4.69, 9.17) is 14.2 Å². The molecule has 1 unspecified atom stereocenters. The van der Waals surface area contributed by atoms with Crippen molar-refractivity contribution in [1.82, 2.24) is 0 Å². The number of carbonyl (C=O) groups excluding carboxylic acids is 3. The maximum atomic E-state index is 13.0. The molecule has 0 aliphatic heterocycles. The standard InChI is InChI=1S/C77H136O6/c1-4-7-10-13-16-19-22-25-27-29-31-33-35-36-37-38-39-40-41-42-43-45-46-48-50-52-55-58-61-64-67-70-76(79)82-73-74(72-81-75(78)69-66-63-60-57-54-24-21-18-15-12-9-6-3)83-77(80)71-68-65-62-59-56-53-51-49-47-44-34-32-30-28-26-23-20-17-14-11-8-5-2/h7,10,16,18-19,21,25,27,31,33,36-37,39-40,74H,4-6,8-9,11-15,17,20,22-24,26,28-30,32,34-35,38,41-73H2,1-3H3/b10-7-,19-16-,21-18-,27-25-,33-31-,37-36-,40-39-. The quantitative estimate of drug-likeness (QED) is 0.0261. The van der Waals surface area contributed by atoms with Gasteiger partial charge in [-0.3, -0.25) is 14.4 Å². The third-order valence-electron chi connectivity index (χ3n) is 15.9. The Labute approximate surface area is 515 Å². The van der Waals surface area contributed by atoms with Gasteiger partial charge >= 0.3 is 17.9 Å². The van der Waals surface area contributed by atoms with Crippen molar-refractivity contribution in [2.75, 3.05) is 13.2 Å². The van der Waals surface area contributed by atoms with E-state index in [0.717, 1.165) is 103 Å². The van der Waals surface area contributed by atoms with Crippen molar-refractivity contribution in [3.63, 3.8) is 0 Å². The minimum atomic E-state index is -0.779. The number of ether oxygens (including phenoxy) is 3. The Morgan fingerprint density at radius 3 is 0.771 bits per heavy atom. The normalized spacial score (nSPS) is 12.6. The lowest BCUT2D eigenvalue weighted by molar-refractivity contribution is -0.167. The van der Waals surface area contributed by atoms with Gasteiger partial charge in [0.1, 0.15) is 13.2 Å². The summed E-state index contributed by atoms with van der Waals surface area (Å²) in [5.41, 5.74) is 0. The van der Waals surface area contributed by atoms with E-state index in [-0.39, 0.29) is 31.1 Å². The number of rotatable bonds is 66. The Morgan fingerprint density at radius 2 is 0.470 bits per heavy atom. The first-order valence-electron chi connectivity index (χ1n) is 36.1. The van der Waals surface area contributed by atoms with E-state index in [2.05, 4.69) is 106 Å². The zero-order chi connectivity index (χ0) is 59.9. The molecule has 6 nitrogen and oxygen atoms in total. The lowest BCUT2D eigenvalue weighted by Gasteiger charge is -2.18. The van der Waals surface area contributed by atoms with Crippen molar-refractivity contribution >= 4 is 17.9 Å². The number of carbonyl (C=O) groups is 3. The first kappa shape index (κ1) is 79.6.